The number of ether oxygens (including phenoxy) is 2. The van der Waals surface area contributed by atoms with Crippen LogP contribution in [0.3, 0.4) is 0 Å². The van der Waals surface area contributed by atoms with Crippen molar-refractivity contribution in [3.05, 3.63) is 0 Å². The van der Waals surface area contributed by atoms with Crippen molar-refractivity contribution in [3.8, 4) is 0 Å². The molecule has 2 aliphatic heterocycles. The van der Waals surface area contributed by atoms with Gasteiger partial charge in [-0.2, -0.15) is 0 Å². The zero-order chi connectivity index (χ0) is 11.5. The van der Waals surface area contributed by atoms with E-state index in [2.05, 4.69) is 4.90 Å². The van der Waals surface area contributed by atoms with Crippen molar-refractivity contribution in [1.29, 1.82) is 0 Å². The van der Waals surface area contributed by atoms with E-state index in [-0.39, 0.29) is 5.97 Å². The van der Waals surface area contributed by atoms with Gasteiger partial charge in [0.1, 0.15) is 6.04 Å². The van der Waals surface area contributed by atoms with Crippen LogP contribution in [0.15, 0.2) is 0 Å². The van der Waals surface area contributed by atoms with Crippen molar-refractivity contribution in [2.24, 2.45) is 5.73 Å². The number of hydrogen-bond donors (Lipinski definition) is 1. The highest BCUT2D eigenvalue weighted by Gasteiger charge is 2.34. The van der Waals surface area contributed by atoms with E-state index in [1.165, 1.54) is 0 Å². The lowest BCUT2D eigenvalue weighted by molar-refractivity contribution is -0.145. The summed E-state index contributed by atoms with van der Waals surface area (Å²) in [6, 6.07) is -0.530. The van der Waals surface area contributed by atoms with Crippen LogP contribution >= 0.6 is 0 Å². The summed E-state index contributed by atoms with van der Waals surface area (Å²) in [5, 5.41) is 0. The molecule has 0 aromatic carbocycles. The van der Waals surface area contributed by atoms with Gasteiger partial charge < -0.3 is 15.2 Å². The Kier molecular flexibility index (Phi) is 3.78. The Balaban J connectivity index is 1.79. The first-order valence-corrected chi connectivity index (χ1v) is 5.99. The molecular formula is C11H20N2O3. The molecule has 2 rings (SSSR count). The smallest absolute Gasteiger partial charge is 0.324 e. The minimum absolute atomic E-state index is 0.304. The molecule has 92 valence electrons. The Morgan fingerprint density at radius 2 is 2.12 bits per heavy atom. The van der Waals surface area contributed by atoms with Gasteiger partial charge >= 0.3 is 5.97 Å². The predicted octanol–water partition coefficient (Wildman–Crippen LogP) is -0.260. The number of nitrogens with zero attached hydrogens (tertiary/aromatic N) is 1. The van der Waals surface area contributed by atoms with Crippen molar-refractivity contribution in [2.75, 3.05) is 26.2 Å². The third kappa shape index (κ3) is 2.72. The number of hydrogen-bond acceptors (Lipinski definition) is 5. The van der Waals surface area contributed by atoms with E-state index in [4.69, 9.17) is 15.2 Å². The van der Waals surface area contributed by atoms with E-state index in [1.54, 1.807) is 6.92 Å². The van der Waals surface area contributed by atoms with Gasteiger partial charge in [0.05, 0.1) is 18.8 Å². The van der Waals surface area contributed by atoms with Gasteiger partial charge in [-0.15, -0.1) is 0 Å². The zero-order valence-corrected chi connectivity index (χ0v) is 9.72. The van der Waals surface area contributed by atoms with E-state index in [0.717, 1.165) is 25.9 Å². The topological polar surface area (TPSA) is 64.8 Å². The SMILES string of the molecule is CCOC(=O)C(N)CN1CC2CCC(C1)O2. The Labute approximate surface area is 95.9 Å². The summed E-state index contributed by atoms with van der Waals surface area (Å²) >= 11 is 0. The van der Waals surface area contributed by atoms with Gasteiger partial charge in [0.15, 0.2) is 0 Å². The van der Waals surface area contributed by atoms with Gasteiger partial charge in [-0.25, -0.2) is 0 Å². The summed E-state index contributed by atoms with van der Waals surface area (Å²) in [7, 11) is 0. The van der Waals surface area contributed by atoms with Crippen LogP contribution in [0.4, 0.5) is 0 Å². The molecule has 5 heteroatoms. The standard InChI is InChI=1S/C11H20N2O3/c1-2-15-11(14)10(12)7-13-5-8-3-4-9(6-13)16-8/h8-10H,2-7,12H2,1H3. The molecule has 0 saturated carbocycles. The summed E-state index contributed by atoms with van der Waals surface area (Å²) in [6.45, 7) is 4.54. The second-order valence-corrected chi connectivity index (χ2v) is 4.53. The van der Waals surface area contributed by atoms with E-state index in [9.17, 15) is 4.79 Å². The van der Waals surface area contributed by atoms with Crippen LogP contribution < -0.4 is 5.73 Å². The maximum atomic E-state index is 11.4. The van der Waals surface area contributed by atoms with Gasteiger partial charge in [-0.1, -0.05) is 0 Å². The molecule has 16 heavy (non-hydrogen) atoms. The third-order valence-electron chi connectivity index (χ3n) is 3.16. The molecule has 0 radical (unpaired) electrons. The van der Waals surface area contributed by atoms with Crippen molar-refractivity contribution in [1.82, 2.24) is 4.90 Å². The van der Waals surface area contributed by atoms with Gasteiger partial charge in [0, 0.05) is 19.6 Å². The summed E-state index contributed by atoms with van der Waals surface area (Å²) < 4.78 is 10.6. The number of likely N-dealkylation sites (tertiary alicyclic amines) is 1. The minimum Gasteiger partial charge on any atom is -0.465 e. The maximum absolute atomic E-state index is 11.4. The number of esters is 1. The van der Waals surface area contributed by atoms with E-state index in [1.807, 2.05) is 0 Å². The zero-order valence-electron chi connectivity index (χ0n) is 9.72. The monoisotopic (exact) mass is 228 g/mol. The molecular weight excluding hydrogens is 208 g/mol. The summed E-state index contributed by atoms with van der Waals surface area (Å²) in [6.07, 6.45) is 2.95. The normalized spacial score (nSPS) is 31.4. The Bertz CT molecular complexity index is 248. The lowest BCUT2D eigenvalue weighted by Crippen LogP contribution is -2.50. The van der Waals surface area contributed by atoms with Crippen LogP contribution in [-0.4, -0.2) is 55.4 Å². The highest BCUT2D eigenvalue weighted by molar-refractivity contribution is 5.75. The van der Waals surface area contributed by atoms with E-state index < -0.39 is 6.04 Å². The van der Waals surface area contributed by atoms with Crippen LogP contribution in [0.2, 0.25) is 0 Å². The highest BCUT2D eigenvalue weighted by Crippen LogP contribution is 2.26. The first-order chi connectivity index (χ1) is 7.69. The largest absolute Gasteiger partial charge is 0.465 e. The number of nitrogens with two attached hydrogens (primary N) is 1. The van der Waals surface area contributed by atoms with Crippen molar-refractivity contribution in [3.63, 3.8) is 0 Å². The average Bonchev–Trinajstić information content (AvgIpc) is 2.58. The minimum atomic E-state index is -0.530. The second-order valence-electron chi connectivity index (χ2n) is 4.53. The van der Waals surface area contributed by atoms with Crippen LogP contribution in [0, 0.1) is 0 Å². The predicted molar refractivity (Wildman–Crippen MR) is 58.9 cm³/mol. The molecule has 5 nitrogen and oxygen atoms in total. The van der Waals surface area contributed by atoms with Gasteiger partial charge in [0.25, 0.3) is 0 Å². The molecule has 2 aliphatic rings. The first-order valence-electron chi connectivity index (χ1n) is 5.99. The lowest BCUT2D eigenvalue weighted by atomic mass is 10.2. The number of morpholine rings is 1. The Morgan fingerprint density at radius 1 is 1.50 bits per heavy atom. The second kappa shape index (κ2) is 5.12. The van der Waals surface area contributed by atoms with E-state index in [0.29, 0.717) is 25.4 Å². The molecule has 0 aromatic rings. The van der Waals surface area contributed by atoms with Gasteiger partial charge in [-0.3, -0.25) is 9.69 Å². The van der Waals surface area contributed by atoms with Crippen LogP contribution in [0.25, 0.3) is 0 Å². The molecule has 2 fully saturated rings. The average molecular weight is 228 g/mol. The lowest BCUT2D eigenvalue weighted by Gasteiger charge is -2.33. The van der Waals surface area contributed by atoms with Crippen molar-refractivity contribution >= 4 is 5.97 Å². The van der Waals surface area contributed by atoms with Gasteiger partial charge in [0.2, 0.25) is 0 Å². The van der Waals surface area contributed by atoms with Crippen molar-refractivity contribution < 1.29 is 14.3 Å². The number of carbonyl (C=O) groups is 1. The van der Waals surface area contributed by atoms with Crippen LogP contribution in [-0.2, 0) is 14.3 Å². The molecule has 3 atom stereocenters. The molecule has 2 bridgehead atoms. The molecule has 2 saturated heterocycles. The molecule has 3 unspecified atom stereocenters. The summed E-state index contributed by atoms with van der Waals surface area (Å²) in [4.78, 5) is 13.6. The first kappa shape index (κ1) is 11.8. The fourth-order valence-corrected chi connectivity index (χ4v) is 2.45. The fourth-order valence-electron chi connectivity index (χ4n) is 2.45. The molecule has 0 spiro atoms. The highest BCUT2D eigenvalue weighted by atomic mass is 16.5. The Morgan fingerprint density at radius 3 is 2.69 bits per heavy atom. The number of carbonyl (C=O) groups excluding carboxylic acids is 1. The molecule has 2 heterocycles. The van der Waals surface area contributed by atoms with Crippen LogP contribution in [0.1, 0.15) is 19.8 Å². The van der Waals surface area contributed by atoms with Gasteiger partial charge in [-0.05, 0) is 19.8 Å². The summed E-state index contributed by atoms with van der Waals surface area (Å²) in [5.41, 5.74) is 5.79. The molecule has 0 aliphatic carbocycles. The molecule has 0 amide bonds. The van der Waals surface area contributed by atoms with Crippen molar-refractivity contribution in [2.45, 2.75) is 38.0 Å². The number of fused-ring (bicyclic) bond motifs is 2. The third-order valence-corrected chi connectivity index (χ3v) is 3.16. The molecule has 2 N–H and O–H groups in total. The quantitative estimate of drug-likeness (QED) is 0.672. The Hall–Kier alpha value is -0.650. The van der Waals surface area contributed by atoms with E-state index >= 15 is 0 Å². The fraction of sp³-hybridized carbons (Fsp3) is 0.909. The maximum Gasteiger partial charge on any atom is 0.324 e. The number of rotatable bonds is 4. The van der Waals surface area contributed by atoms with Crippen LogP contribution in [0.5, 0.6) is 0 Å². The molecule has 0 aromatic heterocycles. The summed E-state index contributed by atoms with van der Waals surface area (Å²) in [5.74, 6) is -0.304.